The largest absolute Gasteiger partial charge is 0.460 e. The monoisotopic (exact) mass is 350 g/mol. The Bertz CT molecular complexity index is 786. The van der Waals surface area contributed by atoms with Crippen LogP contribution in [-0.4, -0.2) is 23.1 Å². The number of hydrogen-bond acceptors (Lipinski definition) is 5. The molecule has 0 aliphatic carbocycles. The zero-order valence-electron chi connectivity index (χ0n) is 14.0. The van der Waals surface area contributed by atoms with Gasteiger partial charge in [0.25, 0.3) is 0 Å². The summed E-state index contributed by atoms with van der Waals surface area (Å²) in [5, 5.41) is 9.19. The minimum absolute atomic E-state index is 0.140. The first-order chi connectivity index (χ1) is 11.8. The molecule has 0 aliphatic rings. The minimum atomic E-state index is -4.64. The second-order valence-corrected chi connectivity index (χ2v) is 5.41. The Morgan fingerprint density at radius 1 is 1.32 bits per heavy atom. The van der Waals surface area contributed by atoms with Gasteiger partial charge >= 0.3 is 12.2 Å². The van der Waals surface area contributed by atoms with Crippen LogP contribution in [0.1, 0.15) is 31.4 Å². The van der Waals surface area contributed by atoms with E-state index in [2.05, 4.69) is 9.97 Å². The summed E-state index contributed by atoms with van der Waals surface area (Å²) in [7, 11) is 1.42. The number of alkyl halides is 3. The summed E-state index contributed by atoms with van der Waals surface area (Å²) in [6.07, 6.45) is -3.51. The highest BCUT2D eigenvalue weighted by Gasteiger charge is 2.37. The number of nitriles is 1. The van der Waals surface area contributed by atoms with Gasteiger partial charge in [-0.05, 0) is 25.5 Å². The third-order valence-electron chi connectivity index (χ3n) is 3.64. The molecule has 2 aromatic rings. The minimum Gasteiger partial charge on any atom is -0.460 e. The van der Waals surface area contributed by atoms with Crippen molar-refractivity contribution in [3.8, 4) is 12.1 Å². The Labute approximate surface area is 143 Å². The first-order valence-electron chi connectivity index (χ1n) is 7.61. The number of para-hydroxylation sites is 1. The fraction of sp³-hybridized carbons (Fsp3) is 0.353. The molecule has 1 atom stereocenters. The molecule has 0 amide bonds. The third kappa shape index (κ3) is 4.18. The number of benzene rings is 1. The van der Waals surface area contributed by atoms with Crippen LogP contribution in [0.2, 0.25) is 0 Å². The van der Waals surface area contributed by atoms with Crippen LogP contribution in [0.5, 0.6) is 6.01 Å². The van der Waals surface area contributed by atoms with Gasteiger partial charge in [0.1, 0.15) is 11.6 Å². The molecule has 0 spiro atoms. The highest BCUT2D eigenvalue weighted by atomic mass is 19.4. The van der Waals surface area contributed by atoms with Crippen LogP contribution in [0.3, 0.4) is 0 Å². The number of anilines is 2. The Balaban J connectivity index is 2.55. The van der Waals surface area contributed by atoms with Gasteiger partial charge in [-0.2, -0.15) is 23.4 Å². The number of aromatic nitrogens is 2. The average Bonchev–Trinajstić information content (AvgIpc) is 2.59. The standard InChI is InChI=1S/C17H17F3N4O/c1-4-11(2)25-16-22-10-13(17(18,19)20)15(23-16)24(3)14-8-6-5-7-12(14)9-21/h5-8,10-11H,4H2,1-3H3. The zero-order valence-corrected chi connectivity index (χ0v) is 14.0. The predicted octanol–water partition coefficient (Wildman–Crippen LogP) is 4.31. The van der Waals surface area contributed by atoms with Gasteiger partial charge in [-0.15, -0.1) is 0 Å². The molecule has 8 heteroatoms. The molecule has 0 radical (unpaired) electrons. The van der Waals surface area contributed by atoms with Crippen molar-refractivity contribution < 1.29 is 17.9 Å². The molecule has 0 saturated heterocycles. The summed E-state index contributed by atoms with van der Waals surface area (Å²) in [6, 6.07) is 8.17. The molecule has 1 aromatic carbocycles. The van der Waals surface area contributed by atoms with E-state index in [4.69, 9.17) is 4.74 Å². The molecule has 1 unspecified atom stereocenters. The van der Waals surface area contributed by atoms with E-state index in [0.29, 0.717) is 18.3 Å². The quantitative estimate of drug-likeness (QED) is 0.804. The number of hydrogen-bond donors (Lipinski definition) is 0. The van der Waals surface area contributed by atoms with Crippen molar-refractivity contribution >= 4 is 11.5 Å². The third-order valence-corrected chi connectivity index (χ3v) is 3.64. The first-order valence-corrected chi connectivity index (χ1v) is 7.61. The van der Waals surface area contributed by atoms with E-state index in [-0.39, 0.29) is 23.5 Å². The van der Waals surface area contributed by atoms with Crippen molar-refractivity contribution in [2.75, 3.05) is 11.9 Å². The van der Waals surface area contributed by atoms with Crippen LogP contribution in [0.25, 0.3) is 0 Å². The van der Waals surface area contributed by atoms with E-state index in [9.17, 15) is 18.4 Å². The highest BCUT2D eigenvalue weighted by molar-refractivity contribution is 5.68. The normalized spacial score (nSPS) is 12.4. The Morgan fingerprint density at radius 2 is 2.00 bits per heavy atom. The van der Waals surface area contributed by atoms with E-state index < -0.39 is 11.7 Å². The smallest absolute Gasteiger partial charge is 0.421 e. The van der Waals surface area contributed by atoms with Crippen molar-refractivity contribution in [3.63, 3.8) is 0 Å². The van der Waals surface area contributed by atoms with Crippen LogP contribution < -0.4 is 9.64 Å². The predicted molar refractivity (Wildman–Crippen MR) is 86.6 cm³/mol. The summed E-state index contributed by atoms with van der Waals surface area (Å²) < 4.78 is 45.5. The van der Waals surface area contributed by atoms with Crippen molar-refractivity contribution in [2.45, 2.75) is 32.5 Å². The van der Waals surface area contributed by atoms with E-state index in [1.54, 1.807) is 25.1 Å². The van der Waals surface area contributed by atoms with Crippen molar-refractivity contribution in [2.24, 2.45) is 0 Å². The van der Waals surface area contributed by atoms with Gasteiger partial charge in [-0.25, -0.2) is 4.98 Å². The van der Waals surface area contributed by atoms with Crippen molar-refractivity contribution in [1.82, 2.24) is 9.97 Å². The molecular weight excluding hydrogens is 333 g/mol. The molecule has 132 valence electrons. The van der Waals surface area contributed by atoms with Gasteiger partial charge in [0.2, 0.25) is 0 Å². The number of rotatable bonds is 5. The lowest BCUT2D eigenvalue weighted by Gasteiger charge is -2.23. The fourth-order valence-electron chi connectivity index (χ4n) is 2.11. The molecule has 5 nitrogen and oxygen atoms in total. The molecule has 25 heavy (non-hydrogen) atoms. The van der Waals surface area contributed by atoms with Crippen LogP contribution >= 0.6 is 0 Å². The van der Waals surface area contributed by atoms with E-state index >= 15 is 0 Å². The Kier molecular flexibility index (Phi) is 5.47. The maximum atomic E-state index is 13.4. The summed E-state index contributed by atoms with van der Waals surface area (Å²) in [6.45, 7) is 3.65. The van der Waals surface area contributed by atoms with Gasteiger partial charge in [0.15, 0.2) is 5.82 Å². The van der Waals surface area contributed by atoms with E-state index in [1.807, 2.05) is 13.0 Å². The lowest BCUT2D eigenvalue weighted by molar-refractivity contribution is -0.137. The molecule has 0 saturated carbocycles. The molecule has 1 aromatic heterocycles. The van der Waals surface area contributed by atoms with Crippen LogP contribution in [0, 0.1) is 11.3 Å². The molecule has 1 heterocycles. The van der Waals surface area contributed by atoms with E-state index in [0.717, 1.165) is 0 Å². The SMILES string of the molecule is CCC(C)Oc1ncc(C(F)(F)F)c(N(C)c2ccccc2C#N)n1. The van der Waals surface area contributed by atoms with Gasteiger partial charge in [0, 0.05) is 13.2 Å². The van der Waals surface area contributed by atoms with Crippen LogP contribution in [0.4, 0.5) is 24.7 Å². The zero-order chi connectivity index (χ0) is 18.6. The molecule has 0 fully saturated rings. The fourth-order valence-corrected chi connectivity index (χ4v) is 2.11. The topological polar surface area (TPSA) is 62.0 Å². The first kappa shape index (κ1) is 18.5. The molecule has 0 aliphatic heterocycles. The molecular formula is C17H17F3N4O. The maximum Gasteiger partial charge on any atom is 0.421 e. The second-order valence-electron chi connectivity index (χ2n) is 5.41. The number of ether oxygens (including phenoxy) is 1. The molecule has 2 rings (SSSR count). The van der Waals surface area contributed by atoms with Crippen LogP contribution in [0.15, 0.2) is 30.5 Å². The summed E-state index contributed by atoms with van der Waals surface area (Å²) in [5.41, 5.74) is -0.455. The van der Waals surface area contributed by atoms with E-state index in [1.165, 1.54) is 18.0 Å². The van der Waals surface area contributed by atoms with Crippen molar-refractivity contribution in [1.29, 1.82) is 5.26 Å². The maximum absolute atomic E-state index is 13.4. The molecule has 0 N–H and O–H groups in total. The van der Waals surface area contributed by atoms with Gasteiger partial charge < -0.3 is 9.64 Å². The second kappa shape index (κ2) is 7.38. The summed E-state index contributed by atoms with van der Waals surface area (Å²) in [4.78, 5) is 8.82. The summed E-state index contributed by atoms with van der Waals surface area (Å²) >= 11 is 0. The summed E-state index contributed by atoms with van der Waals surface area (Å²) in [5.74, 6) is -0.372. The van der Waals surface area contributed by atoms with Gasteiger partial charge in [-0.1, -0.05) is 19.1 Å². The lowest BCUT2D eigenvalue weighted by atomic mass is 10.1. The Hall–Kier alpha value is -2.82. The van der Waals surface area contributed by atoms with Gasteiger partial charge in [0.05, 0.1) is 17.4 Å². The van der Waals surface area contributed by atoms with Crippen LogP contribution in [-0.2, 0) is 6.18 Å². The van der Waals surface area contributed by atoms with Crippen molar-refractivity contribution in [3.05, 3.63) is 41.6 Å². The highest BCUT2D eigenvalue weighted by Crippen LogP contribution is 2.38. The number of halogens is 3. The van der Waals surface area contributed by atoms with Gasteiger partial charge in [-0.3, -0.25) is 0 Å². The number of nitrogens with zero attached hydrogens (tertiary/aromatic N) is 4. The average molecular weight is 350 g/mol. The molecule has 0 bridgehead atoms. The Morgan fingerprint density at radius 3 is 2.60 bits per heavy atom. The lowest BCUT2D eigenvalue weighted by Crippen LogP contribution is -2.21.